The summed E-state index contributed by atoms with van der Waals surface area (Å²) in [4.78, 5) is 17.1. The van der Waals surface area contributed by atoms with E-state index < -0.39 is 5.97 Å². The Hall–Kier alpha value is -0.980. The molecule has 0 radical (unpaired) electrons. The van der Waals surface area contributed by atoms with Crippen molar-refractivity contribution in [1.29, 1.82) is 0 Å². The summed E-state index contributed by atoms with van der Waals surface area (Å²) < 4.78 is 0. The van der Waals surface area contributed by atoms with Crippen molar-refractivity contribution in [2.24, 2.45) is 0 Å². The summed E-state index contributed by atoms with van der Waals surface area (Å²) >= 11 is 1.41. The minimum absolute atomic E-state index is 0.154. The second kappa shape index (κ2) is 9.01. The van der Waals surface area contributed by atoms with E-state index in [1.807, 2.05) is 0 Å². The van der Waals surface area contributed by atoms with Crippen LogP contribution in [0.3, 0.4) is 0 Å². The molecule has 0 fully saturated rings. The molecular formula is C13H23N3O2S. The van der Waals surface area contributed by atoms with Gasteiger partial charge in [-0.3, -0.25) is 0 Å². The highest BCUT2D eigenvalue weighted by atomic mass is 32.1. The van der Waals surface area contributed by atoms with Crippen LogP contribution in [-0.2, 0) is 6.42 Å². The zero-order valence-electron chi connectivity index (χ0n) is 11.7. The number of thiazole rings is 1. The fraction of sp³-hybridized carbons (Fsp3) is 0.692. The van der Waals surface area contributed by atoms with Gasteiger partial charge in [-0.2, -0.15) is 0 Å². The van der Waals surface area contributed by atoms with Crippen molar-refractivity contribution >= 4 is 17.3 Å². The van der Waals surface area contributed by atoms with E-state index in [4.69, 9.17) is 5.11 Å². The average molecular weight is 285 g/mol. The third kappa shape index (κ3) is 6.13. The molecule has 19 heavy (non-hydrogen) atoms. The van der Waals surface area contributed by atoms with Gasteiger partial charge in [0.15, 0.2) is 5.69 Å². The van der Waals surface area contributed by atoms with Crippen LogP contribution >= 0.6 is 11.3 Å². The Kier molecular flexibility index (Phi) is 7.62. The van der Waals surface area contributed by atoms with E-state index >= 15 is 0 Å². The van der Waals surface area contributed by atoms with Gasteiger partial charge in [-0.1, -0.05) is 13.8 Å². The molecule has 5 nitrogen and oxygen atoms in total. The number of carbonyl (C=O) groups is 1. The standard InChI is InChI=1S/C13H23N3O2S/c1-3-16(4-2)9-5-7-14-8-6-12-15-11(10-19-12)13(17)18/h10,14H,3-9H2,1-2H3,(H,17,18). The van der Waals surface area contributed by atoms with E-state index in [2.05, 4.69) is 29.0 Å². The minimum atomic E-state index is -0.949. The van der Waals surface area contributed by atoms with Gasteiger partial charge < -0.3 is 15.3 Å². The fourth-order valence-electron chi connectivity index (χ4n) is 1.81. The molecule has 0 spiro atoms. The lowest BCUT2D eigenvalue weighted by Crippen LogP contribution is -2.27. The summed E-state index contributed by atoms with van der Waals surface area (Å²) in [6, 6.07) is 0. The van der Waals surface area contributed by atoms with Gasteiger partial charge in [0.1, 0.15) is 0 Å². The summed E-state index contributed by atoms with van der Waals surface area (Å²) in [5.74, 6) is -0.949. The first kappa shape index (κ1) is 16.1. The average Bonchev–Trinajstić information content (AvgIpc) is 2.87. The van der Waals surface area contributed by atoms with Crippen LogP contribution in [0.4, 0.5) is 0 Å². The number of nitrogens with zero attached hydrogens (tertiary/aromatic N) is 2. The highest BCUT2D eigenvalue weighted by Crippen LogP contribution is 2.09. The first-order chi connectivity index (χ1) is 9.17. The lowest BCUT2D eigenvalue weighted by Gasteiger charge is -2.17. The van der Waals surface area contributed by atoms with E-state index in [1.54, 1.807) is 5.38 Å². The third-order valence-corrected chi connectivity index (χ3v) is 3.92. The second-order valence-corrected chi connectivity index (χ2v) is 5.25. The molecule has 1 rings (SSSR count). The zero-order chi connectivity index (χ0) is 14.1. The maximum absolute atomic E-state index is 10.7. The quantitative estimate of drug-likeness (QED) is 0.641. The monoisotopic (exact) mass is 285 g/mol. The molecule has 0 aliphatic rings. The zero-order valence-corrected chi connectivity index (χ0v) is 12.5. The van der Waals surface area contributed by atoms with Gasteiger partial charge in [-0.25, -0.2) is 9.78 Å². The highest BCUT2D eigenvalue weighted by molar-refractivity contribution is 7.09. The molecular weight excluding hydrogens is 262 g/mol. The molecule has 0 aromatic carbocycles. The van der Waals surface area contributed by atoms with Crippen LogP contribution in [-0.4, -0.2) is 53.7 Å². The van der Waals surface area contributed by atoms with Crippen LogP contribution < -0.4 is 5.32 Å². The van der Waals surface area contributed by atoms with Crippen LogP contribution in [0.2, 0.25) is 0 Å². The van der Waals surface area contributed by atoms with E-state index in [-0.39, 0.29) is 5.69 Å². The van der Waals surface area contributed by atoms with Gasteiger partial charge in [0.25, 0.3) is 0 Å². The molecule has 0 amide bonds. The van der Waals surface area contributed by atoms with Crippen LogP contribution in [0, 0.1) is 0 Å². The Balaban J connectivity index is 2.08. The highest BCUT2D eigenvalue weighted by Gasteiger charge is 2.07. The Morgan fingerprint density at radius 1 is 1.42 bits per heavy atom. The van der Waals surface area contributed by atoms with Crippen molar-refractivity contribution in [3.63, 3.8) is 0 Å². The molecule has 6 heteroatoms. The Morgan fingerprint density at radius 3 is 2.74 bits per heavy atom. The van der Waals surface area contributed by atoms with Gasteiger partial charge >= 0.3 is 5.97 Å². The Morgan fingerprint density at radius 2 is 2.16 bits per heavy atom. The summed E-state index contributed by atoms with van der Waals surface area (Å²) in [6.45, 7) is 9.54. The molecule has 0 saturated carbocycles. The van der Waals surface area contributed by atoms with Crippen molar-refractivity contribution in [2.75, 3.05) is 32.7 Å². The molecule has 2 N–H and O–H groups in total. The molecule has 0 saturated heterocycles. The lowest BCUT2D eigenvalue weighted by atomic mass is 10.3. The predicted octanol–water partition coefficient (Wildman–Crippen LogP) is 1.71. The number of aromatic carboxylic acids is 1. The molecule has 1 aromatic rings. The van der Waals surface area contributed by atoms with E-state index in [0.29, 0.717) is 0 Å². The molecule has 108 valence electrons. The van der Waals surface area contributed by atoms with Gasteiger partial charge in [-0.05, 0) is 32.6 Å². The van der Waals surface area contributed by atoms with Crippen LogP contribution in [0.25, 0.3) is 0 Å². The van der Waals surface area contributed by atoms with E-state index in [0.717, 1.165) is 50.6 Å². The van der Waals surface area contributed by atoms with Crippen molar-refractivity contribution in [3.8, 4) is 0 Å². The normalized spacial score (nSPS) is 11.1. The maximum Gasteiger partial charge on any atom is 0.355 e. The largest absolute Gasteiger partial charge is 0.476 e. The summed E-state index contributed by atoms with van der Waals surface area (Å²) in [5.41, 5.74) is 0.154. The van der Waals surface area contributed by atoms with Gasteiger partial charge in [0.05, 0.1) is 5.01 Å². The number of nitrogens with one attached hydrogen (secondary N) is 1. The first-order valence-corrected chi connectivity index (χ1v) is 7.66. The fourth-order valence-corrected chi connectivity index (χ4v) is 2.58. The molecule has 0 aliphatic heterocycles. The smallest absolute Gasteiger partial charge is 0.355 e. The molecule has 0 aliphatic carbocycles. The number of hydrogen-bond donors (Lipinski definition) is 2. The number of carboxylic acid groups (broad SMARTS) is 1. The number of carboxylic acids is 1. The maximum atomic E-state index is 10.7. The van der Waals surface area contributed by atoms with Crippen molar-refractivity contribution in [3.05, 3.63) is 16.1 Å². The van der Waals surface area contributed by atoms with Gasteiger partial charge in [-0.15, -0.1) is 11.3 Å². The number of aromatic nitrogens is 1. The third-order valence-electron chi connectivity index (χ3n) is 3.01. The van der Waals surface area contributed by atoms with Crippen LogP contribution in [0.5, 0.6) is 0 Å². The Labute approximate surface area is 118 Å². The number of rotatable bonds is 10. The van der Waals surface area contributed by atoms with Crippen molar-refractivity contribution < 1.29 is 9.90 Å². The van der Waals surface area contributed by atoms with Crippen molar-refractivity contribution in [1.82, 2.24) is 15.2 Å². The van der Waals surface area contributed by atoms with E-state index in [9.17, 15) is 4.79 Å². The topological polar surface area (TPSA) is 65.5 Å². The SMILES string of the molecule is CCN(CC)CCCNCCc1nc(C(=O)O)cs1. The first-order valence-electron chi connectivity index (χ1n) is 6.78. The molecule has 0 atom stereocenters. The molecule has 1 heterocycles. The van der Waals surface area contributed by atoms with Gasteiger partial charge in [0.2, 0.25) is 0 Å². The molecule has 1 aromatic heterocycles. The van der Waals surface area contributed by atoms with Crippen LogP contribution in [0.1, 0.15) is 35.8 Å². The van der Waals surface area contributed by atoms with Crippen molar-refractivity contribution in [2.45, 2.75) is 26.7 Å². The van der Waals surface area contributed by atoms with Gasteiger partial charge in [0, 0.05) is 18.3 Å². The van der Waals surface area contributed by atoms with E-state index in [1.165, 1.54) is 11.3 Å². The summed E-state index contributed by atoms with van der Waals surface area (Å²) in [5, 5.41) is 14.6. The molecule has 0 bridgehead atoms. The second-order valence-electron chi connectivity index (χ2n) is 4.31. The summed E-state index contributed by atoms with van der Waals surface area (Å²) in [6.07, 6.45) is 1.93. The molecule has 0 unspecified atom stereocenters. The minimum Gasteiger partial charge on any atom is -0.476 e. The summed E-state index contributed by atoms with van der Waals surface area (Å²) in [7, 11) is 0. The lowest BCUT2D eigenvalue weighted by molar-refractivity contribution is 0.0691. The Bertz CT molecular complexity index is 378. The number of hydrogen-bond acceptors (Lipinski definition) is 5. The van der Waals surface area contributed by atoms with Crippen LogP contribution in [0.15, 0.2) is 5.38 Å². The predicted molar refractivity (Wildman–Crippen MR) is 78.1 cm³/mol.